The second-order valence-electron chi connectivity index (χ2n) is 7.10. The Morgan fingerprint density at radius 3 is 1.95 bits per heavy atom. The summed E-state index contributed by atoms with van der Waals surface area (Å²) in [7, 11) is -2.28. The van der Waals surface area contributed by atoms with E-state index < -0.39 is 7.14 Å². The average Bonchev–Trinajstić information content (AvgIpc) is 2.62. The van der Waals surface area contributed by atoms with Crippen molar-refractivity contribution in [1.82, 2.24) is 0 Å². The van der Waals surface area contributed by atoms with Crippen LogP contribution in [0.3, 0.4) is 0 Å². The highest BCUT2D eigenvalue weighted by molar-refractivity contribution is 9.08. The first kappa shape index (κ1) is 16.8. The van der Waals surface area contributed by atoms with Crippen LogP contribution in [0.25, 0.3) is 0 Å². The van der Waals surface area contributed by atoms with Crippen molar-refractivity contribution in [2.24, 2.45) is 0 Å². The molecule has 122 valence electrons. The maximum absolute atomic E-state index is 14.4. The molecular weight excluding hydrogens is 355 g/mol. The van der Waals surface area contributed by atoms with Gasteiger partial charge in [-0.05, 0) is 37.3 Å². The highest BCUT2D eigenvalue weighted by atomic mass is 79.9. The zero-order valence-electron chi connectivity index (χ0n) is 13.5. The van der Waals surface area contributed by atoms with Crippen molar-refractivity contribution in [1.29, 1.82) is 0 Å². The summed E-state index contributed by atoms with van der Waals surface area (Å²) in [6, 6.07) is 8.66. The molecule has 0 heterocycles. The highest BCUT2D eigenvalue weighted by Crippen LogP contribution is 2.61. The first-order valence-corrected chi connectivity index (χ1v) is 12.0. The fourth-order valence-electron chi connectivity index (χ4n) is 4.51. The van der Waals surface area contributed by atoms with E-state index in [1.807, 2.05) is 0 Å². The van der Waals surface area contributed by atoms with Crippen molar-refractivity contribution in [2.45, 2.75) is 80.9 Å². The van der Waals surface area contributed by atoms with E-state index in [4.69, 9.17) is 0 Å². The van der Waals surface area contributed by atoms with Crippen LogP contribution in [0.1, 0.15) is 69.8 Å². The van der Waals surface area contributed by atoms with Crippen molar-refractivity contribution in [3.63, 3.8) is 0 Å². The van der Waals surface area contributed by atoms with Crippen LogP contribution in [0.4, 0.5) is 0 Å². The van der Waals surface area contributed by atoms with Gasteiger partial charge in [-0.25, -0.2) is 0 Å². The molecule has 0 radical (unpaired) electrons. The number of benzene rings is 1. The molecule has 3 heteroatoms. The lowest BCUT2D eigenvalue weighted by molar-refractivity contribution is 0.452. The normalized spacial score (nSPS) is 21.9. The summed E-state index contributed by atoms with van der Waals surface area (Å²) >= 11 is 3.56. The second kappa shape index (κ2) is 7.67. The van der Waals surface area contributed by atoms with E-state index in [1.54, 1.807) is 0 Å². The van der Waals surface area contributed by atoms with E-state index in [9.17, 15) is 4.57 Å². The van der Waals surface area contributed by atoms with Gasteiger partial charge in [-0.1, -0.05) is 72.7 Å². The molecule has 0 bridgehead atoms. The van der Waals surface area contributed by atoms with Crippen LogP contribution in [0.5, 0.6) is 0 Å². The molecule has 2 aliphatic carbocycles. The Morgan fingerprint density at radius 2 is 1.45 bits per heavy atom. The monoisotopic (exact) mass is 382 g/mol. The van der Waals surface area contributed by atoms with Gasteiger partial charge in [-0.15, -0.1) is 0 Å². The van der Waals surface area contributed by atoms with Crippen LogP contribution in [-0.2, 0) is 9.90 Å². The molecule has 1 aromatic rings. The van der Waals surface area contributed by atoms with Crippen LogP contribution < -0.4 is 5.30 Å². The Balaban J connectivity index is 1.98. The summed E-state index contributed by atoms with van der Waals surface area (Å²) in [5.41, 5.74) is 2.18. The predicted octanol–water partition coefficient (Wildman–Crippen LogP) is 6.24. The van der Waals surface area contributed by atoms with Crippen molar-refractivity contribution in [2.75, 3.05) is 0 Å². The standard InChI is InChI=1S/C19H28BrOP/c20-15-16-8-7-13-19(14-16)22(21,17-9-3-1-4-10-17)18-11-5-2-6-12-18/h7-8,13-14,17-18H,1-6,9-12,15H2. The summed E-state index contributed by atoms with van der Waals surface area (Å²) in [6.45, 7) is 0. The minimum atomic E-state index is -2.28. The number of halogens is 1. The van der Waals surface area contributed by atoms with E-state index in [-0.39, 0.29) is 0 Å². The summed E-state index contributed by atoms with van der Waals surface area (Å²) < 4.78 is 14.4. The lowest BCUT2D eigenvalue weighted by Crippen LogP contribution is -2.29. The fraction of sp³-hybridized carbons (Fsp3) is 0.684. The van der Waals surface area contributed by atoms with Gasteiger partial charge >= 0.3 is 0 Å². The van der Waals surface area contributed by atoms with Gasteiger partial charge in [-0.3, -0.25) is 0 Å². The second-order valence-corrected chi connectivity index (χ2v) is 11.1. The lowest BCUT2D eigenvalue weighted by atomic mass is 9.99. The molecule has 0 saturated heterocycles. The minimum absolute atomic E-state index is 0.454. The van der Waals surface area contributed by atoms with Gasteiger partial charge in [0.05, 0.1) is 0 Å². The van der Waals surface area contributed by atoms with Crippen molar-refractivity contribution in [3.8, 4) is 0 Å². The third-order valence-electron chi connectivity index (χ3n) is 5.70. The molecule has 0 N–H and O–H groups in total. The van der Waals surface area contributed by atoms with Crippen LogP contribution in [0, 0.1) is 0 Å². The van der Waals surface area contributed by atoms with Gasteiger partial charge < -0.3 is 4.57 Å². The van der Waals surface area contributed by atoms with Crippen LogP contribution in [0.2, 0.25) is 0 Å². The Labute approximate surface area is 143 Å². The van der Waals surface area contributed by atoms with Gasteiger partial charge in [0, 0.05) is 22.0 Å². The van der Waals surface area contributed by atoms with E-state index in [2.05, 4.69) is 40.2 Å². The molecule has 0 aliphatic heterocycles. The van der Waals surface area contributed by atoms with Crippen LogP contribution in [-0.4, -0.2) is 11.3 Å². The van der Waals surface area contributed by atoms with E-state index in [0.717, 1.165) is 5.33 Å². The SMILES string of the molecule is O=P(c1cccc(CBr)c1)(C1CCCCC1)C1CCCCC1. The number of alkyl halides is 1. The molecule has 0 amide bonds. The summed E-state index contributed by atoms with van der Waals surface area (Å²) in [4.78, 5) is 0. The Morgan fingerprint density at radius 1 is 0.909 bits per heavy atom. The Hall–Kier alpha value is -0.0700. The number of hydrogen-bond acceptors (Lipinski definition) is 1. The molecule has 2 fully saturated rings. The maximum atomic E-state index is 14.4. The molecule has 1 aromatic carbocycles. The molecule has 22 heavy (non-hydrogen) atoms. The largest absolute Gasteiger partial charge is 0.318 e. The maximum Gasteiger partial charge on any atom is 0.121 e. The number of hydrogen-bond donors (Lipinski definition) is 0. The third kappa shape index (κ3) is 3.39. The number of rotatable bonds is 4. The molecule has 1 nitrogen and oxygen atoms in total. The van der Waals surface area contributed by atoms with Gasteiger partial charge in [-0.2, -0.15) is 0 Å². The minimum Gasteiger partial charge on any atom is -0.318 e. The average molecular weight is 383 g/mol. The van der Waals surface area contributed by atoms with Gasteiger partial charge in [0.15, 0.2) is 0 Å². The van der Waals surface area contributed by atoms with Crippen molar-refractivity contribution in [3.05, 3.63) is 29.8 Å². The summed E-state index contributed by atoms with van der Waals surface area (Å²) in [5.74, 6) is 0. The van der Waals surface area contributed by atoms with Gasteiger partial charge in [0.1, 0.15) is 7.14 Å². The Kier molecular flexibility index (Phi) is 5.85. The fourth-order valence-corrected chi connectivity index (χ4v) is 9.25. The Bertz CT molecular complexity index is 508. The molecule has 0 aromatic heterocycles. The smallest absolute Gasteiger partial charge is 0.121 e. The van der Waals surface area contributed by atoms with E-state index in [0.29, 0.717) is 11.3 Å². The summed E-state index contributed by atoms with van der Waals surface area (Å²) in [6.07, 6.45) is 12.5. The molecule has 0 unspecified atom stereocenters. The van der Waals surface area contributed by atoms with E-state index in [1.165, 1.54) is 75.1 Å². The zero-order valence-corrected chi connectivity index (χ0v) is 16.0. The topological polar surface area (TPSA) is 17.1 Å². The molecule has 2 saturated carbocycles. The first-order chi connectivity index (χ1) is 10.7. The molecule has 0 atom stereocenters. The molecular formula is C19H28BrOP. The molecule has 3 rings (SSSR count). The highest BCUT2D eigenvalue weighted by Gasteiger charge is 2.42. The first-order valence-electron chi connectivity index (χ1n) is 9.00. The van der Waals surface area contributed by atoms with Gasteiger partial charge in [0.2, 0.25) is 0 Å². The van der Waals surface area contributed by atoms with Crippen LogP contribution >= 0.6 is 23.1 Å². The molecule has 2 aliphatic rings. The van der Waals surface area contributed by atoms with E-state index >= 15 is 0 Å². The predicted molar refractivity (Wildman–Crippen MR) is 100 cm³/mol. The van der Waals surface area contributed by atoms with Crippen molar-refractivity contribution >= 4 is 28.4 Å². The van der Waals surface area contributed by atoms with Gasteiger partial charge in [0.25, 0.3) is 0 Å². The summed E-state index contributed by atoms with van der Waals surface area (Å²) in [5, 5.41) is 2.04. The quantitative estimate of drug-likeness (QED) is 0.445. The zero-order chi connectivity index (χ0) is 15.4. The molecule has 0 spiro atoms. The third-order valence-corrected chi connectivity index (χ3v) is 10.6. The lowest BCUT2D eigenvalue weighted by Gasteiger charge is -2.38. The van der Waals surface area contributed by atoms with Crippen molar-refractivity contribution < 1.29 is 4.57 Å². The van der Waals surface area contributed by atoms with Crippen LogP contribution in [0.15, 0.2) is 24.3 Å².